The third-order valence-corrected chi connectivity index (χ3v) is 6.24. The van der Waals surface area contributed by atoms with Gasteiger partial charge < -0.3 is 24.8 Å². The molecule has 0 radical (unpaired) electrons. The molecular weight excluding hydrogens is 538 g/mol. The number of carbonyl (C=O) groups is 4. The van der Waals surface area contributed by atoms with Gasteiger partial charge in [-0.1, -0.05) is 18.5 Å². The molecule has 0 atom stereocenters. The summed E-state index contributed by atoms with van der Waals surface area (Å²) < 4.78 is 15.6. The van der Waals surface area contributed by atoms with Crippen LogP contribution in [-0.4, -0.2) is 44.5 Å². The minimum atomic E-state index is -0.710. The Morgan fingerprint density at radius 3 is 2.12 bits per heavy atom. The topological polar surface area (TPSA) is 123 Å². The smallest absolute Gasteiger partial charge is 0.338 e. The van der Waals surface area contributed by atoms with Crippen molar-refractivity contribution in [2.75, 3.05) is 36.4 Å². The summed E-state index contributed by atoms with van der Waals surface area (Å²) in [4.78, 5) is 51.6. The molecule has 1 heterocycles. The first-order valence-corrected chi connectivity index (χ1v) is 12.6. The fourth-order valence-corrected chi connectivity index (χ4v) is 4.03. The molecule has 206 valence electrons. The molecule has 0 aromatic heterocycles. The molecule has 2 N–H and O–H groups in total. The molecule has 0 aliphatic carbocycles. The van der Waals surface area contributed by atoms with Gasteiger partial charge in [-0.2, -0.15) is 0 Å². The highest BCUT2D eigenvalue weighted by Crippen LogP contribution is 2.37. The first kappa shape index (κ1) is 28.2. The molecule has 0 spiro atoms. The lowest BCUT2D eigenvalue weighted by Crippen LogP contribution is -2.32. The molecule has 3 aromatic rings. The van der Waals surface area contributed by atoms with Crippen LogP contribution in [0, 0.1) is 0 Å². The number of esters is 1. The van der Waals surface area contributed by atoms with Gasteiger partial charge in [-0.3, -0.25) is 14.4 Å². The zero-order chi connectivity index (χ0) is 28.8. The van der Waals surface area contributed by atoms with Gasteiger partial charge in [-0.15, -0.1) is 0 Å². The average molecular weight is 564 g/mol. The van der Waals surface area contributed by atoms with E-state index >= 15 is 0 Å². The number of ether oxygens (including phenoxy) is 3. The Balaban J connectivity index is 1.43. The Morgan fingerprint density at radius 1 is 0.850 bits per heavy atom. The van der Waals surface area contributed by atoms with Gasteiger partial charge in [0.2, 0.25) is 0 Å². The number of rotatable bonds is 10. The van der Waals surface area contributed by atoms with E-state index in [2.05, 4.69) is 10.6 Å². The van der Waals surface area contributed by atoms with Gasteiger partial charge in [0.25, 0.3) is 17.7 Å². The monoisotopic (exact) mass is 563 g/mol. The number of hydrogen-bond donors (Lipinski definition) is 2. The van der Waals surface area contributed by atoms with Crippen LogP contribution < -0.4 is 25.0 Å². The van der Waals surface area contributed by atoms with Crippen LogP contribution in [0.25, 0.3) is 0 Å². The van der Waals surface area contributed by atoms with Gasteiger partial charge in [-0.05, 0) is 67.1 Å². The fourth-order valence-electron chi connectivity index (χ4n) is 3.82. The second kappa shape index (κ2) is 12.4. The lowest BCUT2D eigenvalue weighted by molar-refractivity contribution is -0.120. The van der Waals surface area contributed by atoms with Crippen molar-refractivity contribution in [3.05, 3.63) is 88.6 Å². The van der Waals surface area contributed by atoms with Crippen LogP contribution in [0.5, 0.6) is 11.5 Å². The lowest BCUT2D eigenvalue weighted by Gasteiger charge is -2.18. The normalized spacial score (nSPS) is 12.8. The summed E-state index contributed by atoms with van der Waals surface area (Å²) in [5.41, 5.74) is 1.77. The molecule has 0 fully saturated rings. The van der Waals surface area contributed by atoms with E-state index in [4.69, 9.17) is 25.8 Å². The van der Waals surface area contributed by atoms with Crippen molar-refractivity contribution < 1.29 is 33.4 Å². The number of anilines is 3. The van der Waals surface area contributed by atoms with Gasteiger partial charge in [-0.25, -0.2) is 9.69 Å². The van der Waals surface area contributed by atoms with Gasteiger partial charge in [0, 0.05) is 23.0 Å². The summed E-state index contributed by atoms with van der Waals surface area (Å²) >= 11 is 6.25. The number of nitrogens with one attached hydrogen (secondary N) is 2. The minimum absolute atomic E-state index is 0.112. The van der Waals surface area contributed by atoms with Crippen molar-refractivity contribution in [2.45, 2.75) is 13.3 Å². The Hall–Kier alpha value is -4.83. The van der Waals surface area contributed by atoms with Crippen molar-refractivity contribution in [2.24, 2.45) is 0 Å². The van der Waals surface area contributed by atoms with Crippen molar-refractivity contribution in [1.82, 2.24) is 0 Å². The van der Waals surface area contributed by atoms with Crippen LogP contribution in [0.15, 0.2) is 77.5 Å². The summed E-state index contributed by atoms with van der Waals surface area (Å²) in [7, 11) is 2.90. The number of halogens is 1. The van der Waals surface area contributed by atoms with E-state index in [0.717, 1.165) is 11.3 Å². The van der Waals surface area contributed by atoms with E-state index in [0.29, 0.717) is 34.9 Å². The van der Waals surface area contributed by atoms with Gasteiger partial charge in [0.05, 0.1) is 32.1 Å². The van der Waals surface area contributed by atoms with E-state index in [1.165, 1.54) is 20.3 Å². The summed E-state index contributed by atoms with van der Waals surface area (Å²) in [5, 5.41) is 5.34. The predicted octanol–water partition coefficient (Wildman–Crippen LogP) is 4.96. The Bertz CT molecular complexity index is 1480. The van der Waals surface area contributed by atoms with E-state index < -0.39 is 17.8 Å². The first-order valence-electron chi connectivity index (χ1n) is 12.2. The first-order chi connectivity index (χ1) is 19.3. The molecule has 10 nitrogen and oxygen atoms in total. The average Bonchev–Trinajstić information content (AvgIpc) is 3.18. The van der Waals surface area contributed by atoms with E-state index in [-0.39, 0.29) is 28.1 Å². The minimum Gasteiger partial charge on any atom is -0.497 e. The molecule has 0 saturated heterocycles. The second-order valence-electron chi connectivity index (χ2n) is 8.54. The molecule has 1 aliphatic heterocycles. The maximum Gasteiger partial charge on any atom is 0.338 e. The summed E-state index contributed by atoms with van der Waals surface area (Å²) in [6.45, 7) is 2.25. The van der Waals surface area contributed by atoms with Crippen LogP contribution >= 0.6 is 11.6 Å². The molecule has 0 unspecified atom stereocenters. The van der Waals surface area contributed by atoms with Crippen molar-refractivity contribution in [3.63, 3.8) is 0 Å². The Morgan fingerprint density at radius 2 is 1.50 bits per heavy atom. The number of imide groups is 1. The van der Waals surface area contributed by atoms with Crippen molar-refractivity contribution in [1.29, 1.82) is 0 Å². The van der Waals surface area contributed by atoms with Crippen LogP contribution in [-0.2, 0) is 14.3 Å². The highest BCUT2D eigenvalue weighted by Gasteiger charge is 2.40. The Kier molecular flexibility index (Phi) is 8.70. The molecule has 11 heteroatoms. The highest BCUT2D eigenvalue weighted by molar-refractivity contribution is 6.53. The molecule has 3 aromatic carbocycles. The SMILES string of the molecule is CCCOC(=O)c1ccc(NC(=O)c2ccc(NC3=C(Cl)C(=O)N(c4ccc(OC)cc4OC)C3=O)cc2)cc1. The van der Waals surface area contributed by atoms with Crippen LogP contribution in [0.3, 0.4) is 0 Å². The zero-order valence-corrected chi connectivity index (χ0v) is 22.7. The highest BCUT2D eigenvalue weighted by atomic mass is 35.5. The molecule has 40 heavy (non-hydrogen) atoms. The molecule has 0 bridgehead atoms. The lowest BCUT2D eigenvalue weighted by atomic mass is 10.1. The largest absolute Gasteiger partial charge is 0.497 e. The number of benzene rings is 3. The maximum atomic E-state index is 13.2. The van der Waals surface area contributed by atoms with Crippen molar-refractivity contribution >= 4 is 52.4 Å². The molecule has 0 saturated carbocycles. The van der Waals surface area contributed by atoms with Crippen LogP contribution in [0.4, 0.5) is 17.1 Å². The summed E-state index contributed by atoms with van der Waals surface area (Å²) in [6, 6.07) is 17.3. The van der Waals surface area contributed by atoms with Crippen LogP contribution in [0.2, 0.25) is 0 Å². The number of methoxy groups -OCH3 is 2. The van der Waals surface area contributed by atoms with E-state index in [9.17, 15) is 19.2 Å². The maximum absolute atomic E-state index is 13.2. The summed E-state index contributed by atoms with van der Waals surface area (Å²) in [6.07, 6.45) is 0.727. The zero-order valence-electron chi connectivity index (χ0n) is 21.9. The quantitative estimate of drug-likeness (QED) is 0.262. The van der Waals surface area contributed by atoms with Crippen molar-refractivity contribution in [3.8, 4) is 11.5 Å². The standard InChI is InChI=1S/C29H26ClN3O7/c1-4-15-40-29(37)18-7-11-20(12-8-18)32-26(34)17-5-9-19(10-6-17)31-25-24(30)27(35)33(28(25)36)22-14-13-21(38-2)16-23(22)39-3/h5-14,16,31H,4,15H2,1-3H3,(H,32,34). The molecule has 4 rings (SSSR count). The van der Waals surface area contributed by atoms with E-state index in [1.54, 1.807) is 60.7 Å². The fraction of sp³-hybridized carbons (Fsp3) is 0.172. The molecule has 3 amide bonds. The van der Waals surface area contributed by atoms with E-state index in [1.807, 2.05) is 6.92 Å². The van der Waals surface area contributed by atoms with Gasteiger partial charge in [0.1, 0.15) is 22.2 Å². The number of nitrogens with zero attached hydrogens (tertiary/aromatic N) is 1. The Labute approximate surface area is 235 Å². The molecule has 1 aliphatic rings. The number of amides is 3. The third kappa shape index (κ3) is 5.92. The summed E-state index contributed by atoms with van der Waals surface area (Å²) in [5.74, 6) is -1.43. The number of hydrogen-bond acceptors (Lipinski definition) is 8. The third-order valence-electron chi connectivity index (χ3n) is 5.89. The second-order valence-corrected chi connectivity index (χ2v) is 8.92. The number of carbonyl (C=O) groups excluding carboxylic acids is 4. The van der Waals surface area contributed by atoms with Gasteiger partial charge >= 0.3 is 5.97 Å². The molecular formula is C29H26ClN3O7. The van der Waals surface area contributed by atoms with Gasteiger partial charge in [0.15, 0.2) is 0 Å². The van der Waals surface area contributed by atoms with Crippen LogP contribution in [0.1, 0.15) is 34.1 Å². The predicted molar refractivity (Wildman–Crippen MR) is 150 cm³/mol.